The molecule has 3 fully saturated rings. The van der Waals surface area contributed by atoms with Crippen LogP contribution in [-0.4, -0.2) is 17.0 Å². The number of hydrogen-bond acceptors (Lipinski definition) is 2. The van der Waals surface area contributed by atoms with Crippen molar-refractivity contribution in [3.05, 3.63) is 11.6 Å². The van der Waals surface area contributed by atoms with Crippen LogP contribution in [0.1, 0.15) is 72.6 Å². The van der Waals surface area contributed by atoms with Crippen molar-refractivity contribution in [1.29, 1.82) is 0 Å². The molecule has 0 radical (unpaired) electrons. The SMILES string of the molecule is CC#CC(C)C1CCC2C3CC(O)C4=CC(=O)CC[C@]4(C)C3CC[C@]12C. The summed E-state index contributed by atoms with van der Waals surface area (Å²) in [7, 11) is 0. The maximum atomic E-state index is 12.0. The van der Waals surface area contributed by atoms with E-state index in [2.05, 4.69) is 32.6 Å². The summed E-state index contributed by atoms with van der Waals surface area (Å²) >= 11 is 0. The number of aliphatic hydroxyl groups is 1. The van der Waals surface area contributed by atoms with E-state index in [1.54, 1.807) is 6.08 Å². The maximum Gasteiger partial charge on any atom is 0.155 e. The minimum Gasteiger partial charge on any atom is -0.389 e. The van der Waals surface area contributed by atoms with E-state index < -0.39 is 6.10 Å². The number of aliphatic hydroxyl groups excluding tert-OH is 1. The van der Waals surface area contributed by atoms with Crippen molar-refractivity contribution in [2.75, 3.05) is 0 Å². The molecule has 1 N–H and O–H groups in total. The number of fused-ring (bicyclic) bond motifs is 5. The predicted octanol–water partition coefficient (Wildman–Crippen LogP) is 4.76. The van der Waals surface area contributed by atoms with Gasteiger partial charge in [-0.15, -0.1) is 11.8 Å². The summed E-state index contributed by atoms with van der Waals surface area (Å²) in [4.78, 5) is 12.0. The summed E-state index contributed by atoms with van der Waals surface area (Å²) < 4.78 is 0. The van der Waals surface area contributed by atoms with Crippen LogP contribution in [0, 0.1) is 52.3 Å². The Hall–Kier alpha value is -1.07. The fraction of sp³-hybridized carbons (Fsp3) is 0.792. The van der Waals surface area contributed by atoms with Gasteiger partial charge in [0, 0.05) is 12.3 Å². The van der Waals surface area contributed by atoms with Gasteiger partial charge in [0.1, 0.15) is 0 Å². The average molecular weight is 355 g/mol. The van der Waals surface area contributed by atoms with Gasteiger partial charge in [-0.1, -0.05) is 20.8 Å². The van der Waals surface area contributed by atoms with Gasteiger partial charge in [-0.2, -0.15) is 0 Å². The van der Waals surface area contributed by atoms with Gasteiger partial charge in [0.2, 0.25) is 0 Å². The van der Waals surface area contributed by atoms with E-state index in [9.17, 15) is 9.90 Å². The Labute approximate surface area is 158 Å². The van der Waals surface area contributed by atoms with Gasteiger partial charge < -0.3 is 5.11 Å². The Morgan fingerprint density at radius 3 is 2.69 bits per heavy atom. The monoisotopic (exact) mass is 354 g/mol. The first-order valence-corrected chi connectivity index (χ1v) is 10.7. The number of rotatable bonds is 1. The molecule has 6 unspecified atom stereocenters. The van der Waals surface area contributed by atoms with Crippen molar-refractivity contribution in [1.82, 2.24) is 0 Å². The molecule has 0 aliphatic heterocycles. The Bertz CT molecular complexity index is 695. The van der Waals surface area contributed by atoms with Gasteiger partial charge in [0.05, 0.1) is 6.10 Å². The van der Waals surface area contributed by atoms with Crippen LogP contribution in [0.4, 0.5) is 0 Å². The van der Waals surface area contributed by atoms with Crippen LogP contribution < -0.4 is 0 Å². The molecule has 3 saturated carbocycles. The molecule has 0 aromatic rings. The lowest BCUT2D eigenvalue weighted by molar-refractivity contribution is -0.119. The molecular weight excluding hydrogens is 320 g/mol. The molecule has 0 spiro atoms. The molecule has 0 amide bonds. The Morgan fingerprint density at radius 2 is 1.96 bits per heavy atom. The van der Waals surface area contributed by atoms with Gasteiger partial charge in [-0.25, -0.2) is 0 Å². The molecule has 4 aliphatic carbocycles. The lowest BCUT2D eigenvalue weighted by atomic mass is 9.46. The van der Waals surface area contributed by atoms with Crippen LogP contribution in [0.25, 0.3) is 0 Å². The maximum absolute atomic E-state index is 12.0. The molecule has 0 saturated heterocycles. The van der Waals surface area contributed by atoms with Crippen molar-refractivity contribution < 1.29 is 9.90 Å². The third kappa shape index (κ3) is 2.46. The van der Waals surface area contributed by atoms with Crippen LogP contribution in [0.5, 0.6) is 0 Å². The van der Waals surface area contributed by atoms with Crippen molar-refractivity contribution in [3.63, 3.8) is 0 Å². The number of carbonyl (C=O) groups is 1. The summed E-state index contributed by atoms with van der Waals surface area (Å²) in [5.74, 6) is 9.89. The minimum absolute atomic E-state index is 0.0322. The summed E-state index contributed by atoms with van der Waals surface area (Å²) in [6, 6.07) is 0. The molecule has 8 atom stereocenters. The van der Waals surface area contributed by atoms with E-state index >= 15 is 0 Å². The highest BCUT2D eigenvalue weighted by molar-refractivity contribution is 5.91. The highest BCUT2D eigenvalue weighted by atomic mass is 16.3. The van der Waals surface area contributed by atoms with Gasteiger partial charge in [0.15, 0.2) is 5.78 Å². The number of carbonyl (C=O) groups excluding carboxylic acids is 1. The molecule has 0 aromatic carbocycles. The highest BCUT2D eigenvalue weighted by Gasteiger charge is 2.60. The zero-order chi connectivity index (χ0) is 18.7. The summed E-state index contributed by atoms with van der Waals surface area (Å²) in [5.41, 5.74) is 1.45. The molecule has 0 aromatic heterocycles. The van der Waals surface area contributed by atoms with Gasteiger partial charge in [0.25, 0.3) is 0 Å². The standard InChI is InChI=1S/C24H34O2/c1-5-6-15(2)18-7-8-19-17-14-22(26)21-13-16(25)9-11-24(21,4)20(17)10-12-23(18,19)3/h13,15,17-20,22,26H,7-12,14H2,1-4H3/t15?,17?,18?,19?,20?,22?,23-,24-/m1/s1. The van der Waals surface area contributed by atoms with Crippen LogP contribution in [0.3, 0.4) is 0 Å². The lowest BCUT2D eigenvalue weighted by Crippen LogP contribution is -2.54. The fourth-order valence-corrected chi connectivity index (χ4v) is 7.80. The molecule has 0 bridgehead atoms. The largest absolute Gasteiger partial charge is 0.389 e. The first-order valence-electron chi connectivity index (χ1n) is 10.7. The normalized spacial score (nSPS) is 48.4. The van der Waals surface area contributed by atoms with Crippen LogP contribution in [-0.2, 0) is 4.79 Å². The second kappa shape index (κ2) is 6.23. The quantitative estimate of drug-likeness (QED) is 0.689. The molecule has 2 heteroatoms. The smallest absolute Gasteiger partial charge is 0.155 e. The summed E-state index contributed by atoms with van der Waals surface area (Å²) in [6.07, 6.45) is 8.94. The van der Waals surface area contributed by atoms with E-state index in [1.807, 2.05) is 6.92 Å². The van der Waals surface area contributed by atoms with E-state index in [0.717, 1.165) is 18.4 Å². The number of hydrogen-bond donors (Lipinski definition) is 1. The Kier molecular flexibility index (Phi) is 4.39. The van der Waals surface area contributed by atoms with Crippen LogP contribution >= 0.6 is 0 Å². The molecule has 26 heavy (non-hydrogen) atoms. The first-order chi connectivity index (χ1) is 12.3. The Balaban J connectivity index is 1.67. The predicted molar refractivity (Wildman–Crippen MR) is 104 cm³/mol. The van der Waals surface area contributed by atoms with Gasteiger partial charge >= 0.3 is 0 Å². The highest BCUT2D eigenvalue weighted by Crippen LogP contribution is 2.67. The molecule has 0 heterocycles. The molecule has 4 aliphatic rings. The number of ketones is 1. The molecule has 2 nitrogen and oxygen atoms in total. The first kappa shape index (κ1) is 18.3. The average Bonchev–Trinajstić information content (AvgIpc) is 2.94. The van der Waals surface area contributed by atoms with Gasteiger partial charge in [-0.05, 0) is 91.6 Å². The fourth-order valence-electron chi connectivity index (χ4n) is 7.80. The lowest BCUT2D eigenvalue weighted by Gasteiger charge is -2.59. The third-order valence-electron chi connectivity index (χ3n) is 9.03. The second-order valence-corrected chi connectivity index (χ2v) is 10.0. The topological polar surface area (TPSA) is 37.3 Å². The van der Waals surface area contributed by atoms with Crippen molar-refractivity contribution in [2.45, 2.75) is 78.7 Å². The molecule has 4 rings (SSSR count). The van der Waals surface area contributed by atoms with E-state index in [1.165, 1.54) is 25.7 Å². The van der Waals surface area contributed by atoms with Crippen molar-refractivity contribution in [2.24, 2.45) is 40.4 Å². The van der Waals surface area contributed by atoms with Crippen LogP contribution in [0.2, 0.25) is 0 Å². The zero-order valence-electron chi connectivity index (χ0n) is 16.8. The molecular formula is C24H34O2. The van der Waals surface area contributed by atoms with E-state index in [4.69, 9.17) is 0 Å². The van der Waals surface area contributed by atoms with Crippen LogP contribution in [0.15, 0.2) is 11.6 Å². The summed E-state index contributed by atoms with van der Waals surface area (Å²) in [5, 5.41) is 10.9. The van der Waals surface area contributed by atoms with E-state index in [0.29, 0.717) is 41.4 Å². The second-order valence-electron chi connectivity index (χ2n) is 10.0. The summed E-state index contributed by atoms with van der Waals surface area (Å²) in [6.45, 7) is 9.12. The minimum atomic E-state index is -0.417. The zero-order valence-corrected chi connectivity index (χ0v) is 16.8. The van der Waals surface area contributed by atoms with Crippen molar-refractivity contribution >= 4 is 5.78 Å². The molecule has 142 valence electrons. The Morgan fingerprint density at radius 1 is 1.19 bits per heavy atom. The van der Waals surface area contributed by atoms with Crippen molar-refractivity contribution in [3.8, 4) is 11.8 Å². The third-order valence-corrected chi connectivity index (χ3v) is 9.03. The van der Waals surface area contributed by atoms with Gasteiger partial charge in [-0.3, -0.25) is 4.79 Å². The van der Waals surface area contributed by atoms with E-state index in [-0.39, 0.29) is 11.2 Å².